The molecule has 0 aliphatic heterocycles. The van der Waals surface area contributed by atoms with Crippen LogP contribution in [-0.4, -0.2) is 11.6 Å². The number of aromatic nitrogens is 1. The van der Waals surface area contributed by atoms with Crippen molar-refractivity contribution in [3.05, 3.63) is 57.1 Å². The number of rotatable bonds is 5. The summed E-state index contributed by atoms with van der Waals surface area (Å²) in [5, 5.41) is 0.747. The second-order valence-electron chi connectivity index (χ2n) is 3.80. The van der Waals surface area contributed by atoms with Gasteiger partial charge in [-0.1, -0.05) is 52.5 Å². The lowest BCUT2D eigenvalue weighted by Gasteiger charge is -2.09. The number of nitrogens with zero attached hydrogens (tertiary/aromatic N) is 1. The maximum atomic E-state index is 6.10. The molecule has 3 nitrogen and oxygen atoms in total. The van der Waals surface area contributed by atoms with Gasteiger partial charge in [0.15, 0.2) is 0 Å². The molecule has 0 amide bonds. The lowest BCUT2D eigenvalue weighted by Crippen LogP contribution is -1.95. The van der Waals surface area contributed by atoms with E-state index in [0.717, 1.165) is 0 Å². The number of benzene rings is 1. The van der Waals surface area contributed by atoms with Gasteiger partial charge in [0.25, 0.3) is 0 Å². The topological polar surface area (TPSA) is 31.4 Å². The van der Waals surface area contributed by atoms with Crippen LogP contribution in [0.15, 0.2) is 47.0 Å². The van der Waals surface area contributed by atoms with E-state index in [4.69, 9.17) is 55.9 Å². The summed E-state index contributed by atoms with van der Waals surface area (Å²) in [6, 6.07) is 10.1. The zero-order chi connectivity index (χ0) is 15.2. The van der Waals surface area contributed by atoms with Gasteiger partial charge in [0.05, 0.1) is 5.02 Å². The molecule has 7 heteroatoms. The van der Waals surface area contributed by atoms with E-state index in [1.807, 2.05) is 0 Å². The van der Waals surface area contributed by atoms with E-state index in [-0.39, 0.29) is 11.1 Å². The van der Waals surface area contributed by atoms with E-state index < -0.39 is 0 Å². The van der Waals surface area contributed by atoms with Crippen molar-refractivity contribution in [2.45, 2.75) is 0 Å². The van der Waals surface area contributed by atoms with Crippen molar-refractivity contribution in [2.24, 2.45) is 0 Å². The van der Waals surface area contributed by atoms with Crippen molar-refractivity contribution in [2.75, 3.05) is 6.61 Å². The first-order valence-corrected chi connectivity index (χ1v) is 7.30. The highest BCUT2D eigenvalue weighted by Crippen LogP contribution is 2.31. The van der Waals surface area contributed by atoms with E-state index in [9.17, 15) is 0 Å². The van der Waals surface area contributed by atoms with E-state index in [1.54, 1.807) is 36.4 Å². The van der Waals surface area contributed by atoms with Crippen LogP contribution >= 0.6 is 46.4 Å². The first-order valence-electron chi connectivity index (χ1n) is 5.78. The minimum atomic E-state index is 0.137. The van der Waals surface area contributed by atoms with Crippen molar-refractivity contribution in [1.29, 1.82) is 0 Å². The van der Waals surface area contributed by atoms with Crippen LogP contribution in [0.1, 0.15) is 0 Å². The number of hydrogen-bond donors (Lipinski definition) is 0. The lowest BCUT2D eigenvalue weighted by molar-refractivity contribution is 0.362. The van der Waals surface area contributed by atoms with Crippen LogP contribution < -0.4 is 9.47 Å². The van der Waals surface area contributed by atoms with Gasteiger partial charge in [0, 0.05) is 12.1 Å². The summed E-state index contributed by atoms with van der Waals surface area (Å²) >= 11 is 22.9. The van der Waals surface area contributed by atoms with Gasteiger partial charge >= 0.3 is 0 Å². The first kappa shape index (κ1) is 16.2. The van der Waals surface area contributed by atoms with Crippen LogP contribution in [0.4, 0.5) is 0 Å². The SMILES string of the molecule is ClC(Cl)=CCOc1ccc(Oc2cccc(Cl)n2)cc1Cl. The maximum absolute atomic E-state index is 6.10. The van der Waals surface area contributed by atoms with E-state index in [0.29, 0.717) is 27.6 Å². The first-order chi connectivity index (χ1) is 10.0. The molecular weight excluding hydrogens is 356 g/mol. The summed E-state index contributed by atoms with van der Waals surface area (Å²) in [5.41, 5.74) is 0. The van der Waals surface area contributed by atoms with Crippen LogP contribution in [0.5, 0.6) is 17.4 Å². The molecule has 0 saturated carbocycles. The van der Waals surface area contributed by atoms with Crippen molar-refractivity contribution in [1.82, 2.24) is 4.98 Å². The monoisotopic (exact) mass is 363 g/mol. The Hall–Kier alpha value is -1.13. The lowest BCUT2D eigenvalue weighted by atomic mass is 10.3. The maximum Gasteiger partial charge on any atom is 0.220 e. The van der Waals surface area contributed by atoms with Crippen molar-refractivity contribution >= 4 is 46.4 Å². The zero-order valence-corrected chi connectivity index (χ0v) is 13.5. The van der Waals surface area contributed by atoms with E-state index in [2.05, 4.69) is 4.98 Å². The molecule has 0 unspecified atom stereocenters. The summed E-state index contributed by atoms with van der Waals surface area (Å²) in [5.74, 6) is 1.39. The van der Waals surface area contributed by atoms with Gasteiger partial charge in [0.1, 0.15) is 27.8 Å². The average Bonchev–Trinajstić information content (AvgIpc) is 2.41. The molecule has 110 valence electrons. The van der Waals surface area contributed by atoms with E-state index >= 15 is 0 Å². The fourth-order valence-electron chi connectivity index (χ4n) is 1.42. The van der Waals surface area contributed by atoms with Crippen molar-refractivity contribution in [3.8, 4) is 17.4 Å². The summed E-state index contributed by atoms with van der Waals surface area (Å²) in [4.78, 5) is 4.02. The summed E-state index contributed by atoms with van der Waals surface area (Å²) in [7, 11) is 0. The van der Waals surface area contributed by atoms with Crippen LogP contribution in [-0.2, 0) is 0 Å². The molecule has 0 aliphatic rings. The van der Waals surface area contributed by atoms with Gasteiger partial charge in [-0.25, -0.2) is 4.98 Å². The smallest absolute Gasteiger partial charge is 0.220 e. The number of halogens is 4. The molecule has 2 aromatic rings. The second kappa shape index (κ2) is 7.76. The van der Waals surface area contributed by atoms with Crippen LogP contribution in [0.25, 0.3) is 0 Å². The standard InChI is InChI=1S/C14H9Cl4NO2/c15-10-8-9(21-14-3-1-2-13(18)19-14)4-5-11(10)20-7-6-12(16)17/h1-6,8H,7H2. The van der Waals surface area contributed by atoms with Gasteiger partial charge in [-0.2, -0.15) is 0 Å². The molecule has 0 N–H and O–H groups in total. The molecule has 0 aliphatic carbocycles. The molecule has 21 heavy (non-hydrogen) atoms. The Morgan fingerprint density at radius 2 is 1.95 bits per heavy atom. The predicted octanol–water partition coefficient (Wildman–Crippen LogP) is 5.88. The Morgan fingerprint density at radius 1 is 1.14 bits per heavy atom. The van der Waals surface area contributed by atoms with Gasteiger partial charge in [-0.05, 0) is 24.3 Å². The highest BCUT2D eigenvalue weighted by atomic mass is 35.5. The molecule has 1 heterocycles. The zero-order valence-electron chi connectivity index (χ0n) is 10.5. The predicted molar refractivity (Wildman–Crippen MR) is 86.1 cm³/mol. The van der Waals surface area contributed by atoms with Gasteiger partial charge < -0.3 is 9.47 Å². The van der Waals surface area contributed by atoms with Crippen molar-refractivity contribution < 1.29 is 9.47 Å². The van der Waals surface area contributed by atoms with Gasteiger partial charge in [-0.3, -0.25) is 0 Å². The van der Waals surface area contributed by atoms with Crippen LogP contribution in [0.2, 0.25) is 10.2 Å². The number of pyridine rings is 1. The Kier molecular flexibility index (Phi) is 6.00. The Bertz CT molecular complexity index is 657. The van der Waals surface area contributed by atoms with E-state index in [1.165, 1.54) is 6.08 Å². The molecule has 1 aromatic carbocycles. The Balaban J connectivity index is 2.06. The molecule has 2 rings (SSSR count). The molecule has 0 fully saturated rings. The minimum Gasteiger partial charge on any atom is -0.488 e. The number of hydrogen-bond acceptors (Lipinski definition) is 3. The molecular formula is C14H9Cl4NO2. The van der Waals surface area contributed by atoms with Crippen LogP contribution in [0, 0.1) is 0 Å². The summed E-state index contributed by atoms with van der Waals surface area (Å²) in [6.45, 7) is 0.220. The third-order valence-electron chi connectivity index (χ3n) is 2.29. The molecule has 0 radical (unpaired) electrons. The molecule has 1 aromatic heterocycles. The largest absolute Gasteiger partial charge is 0.488 e. The number of ether oxygens (including phenoxy) is 2. The highest BCUT2D eigenvalue weighted by molar-refractivity contribution is 6.55. The average molecular weight is 365 g/mol. The van der Waals surface area contributed by atoms with Crippen molar-refractivity contribution in [3.63, 3.8) is 0 Å². The fourth-order valence-corrected chi connectivity index (χ4v) is 1.93. The summed E-state index contributed by atoms with van der Waals surface area (Å²) in [6.07, 6.45) is 1.51. The Morgan fingerprint density at radius 3 is 2.62 bits per heavy atom. The van der Waals surface area contributed by atoms with Gasteiger partial charge in [-0.15, -0.1) is 0 Å². The highest BCUT2D eigenvalue weighted by Gasteiger charge is 2.05. The molecule has 0 saturated heterocycles. The quantitative estimate of drug-likeness (QED) is 0.621. The molecule has 0 atom stereocenters. The molecule has 0 spiro atoms. The fraction of sp³-hybridized carbons (Fsp3) is 0.0714. The van der Waals surface area contributed by atoms with Gasteiger partial charge in [0.2, 0.25) is 5.88 Å². The Labute approximate surface area is 142 Å². The third-order valence-corrected chi connectivity index (χ3v) is 3.11. The minimum absolute atomic E-state index is 0.137. The molecule has 0 bridgehead atoms. The summed E-state index contributed by atoms with van der Waals surface area (Å²) < 4.78 is 11.1. The second-order valence-corrected chi connectivity index (χ2v) is 5.60. The van der Waals surface area contributed by atoms with Crippen LogP contribution in [0.3, 0.4) is 0 Å². The normalized spacial score (nSPS) is 10.1. The third kappa shape index (κ3) is 5.29.